The molecule has 0 bridgehead atoms. The van der Waals surface area contributed by atoms with Gasteiger partial charge in [-0.05, 0) is 19.1 Å². The Hall–Kier alpha value is -2.74. The molecular weight excluding hydrogens is 298 g/mol. The average Bonchev–Trinajstić information content (AvgIpc) is 2.86. The number of nitrogens with zero attached hydrogens (tertiary/aromatic N) is 5. The van der Waals surface area contributed by atoms with Gasteiger partial charge < -0.3 is 4.74 Å². The van der Waals surface area contributed by atoms with Crippen LogP contribution in [0.4, 0.5) is 5.69 Å². The highest BCUT2D eigenvalue weighted by Gasteiger charge is 2.13. The van der Waals surface area contributed by atoms with Gasteiger partial charge in [0.1, 0.15) is 17.2 Å². The van der Waals surface area contributed by atoms with Crippen LogP contribution >= 0.6 is 11.6 Å². The Morgan fingerprint density at radius 3 is 2.90 bits per heavy atom. The third-order valence-corrected chi connectivity index (χ3v) is 2.97. The zero-order chi connectivity index (χ0) is 15.0. The number of aromatic nitrogens is 4. The number of nitro groups is 1. The Balaban J connectivity index is 2.00. The summed E-state index contributed by atoms with van der Waals surface area (Å²) in [5.74, 6) is 1.05. The molecule has 0 radical (unpaired) electrons. The minimum absolute atomic E-state index is 0.0287. The maximum Gasteiger partial charge on any atom is 0.272 e. The molecule has 0 saturated carbocycles. The molecule has 3 aromatic rings. The monoisotopic (exact) mass is 305 g/mol. The summed E-state index contributed by atoms with van der Waals surface area (Å²) in [6.07, 6.45) is 1.33. The lowest BCUT2D eigenvalue weighted by Gasteiger charge is -2.08. The van der Waals surface area contributed by atoms with Crippen molar-refractivity contribution < 1.29 is 9.66 Å². The SMILES string of the molecule is Cc1cc(Oc2cc(Cl)nc3ncnn23)ccc1[N+](=O)[O-]. The number of hydrogen-bond donors (Lipinski definition) is 0. The van der Waals surface area contributed by atoms with Gasteiger partial charge in [-0.3, -0.25) is 10.1 Å². The summed E-state index contributed by atoms with van der Waals surface area (Å²) in [4.78, 5) is 18.2. The molecule has 2 heterocycles. The molecule has 0 N–H and O–H groups in total. The maximum absolute atomic E-state index is 10.8. The van der Waals surface area contributed by atoms with Crippen molar-refractivity contribution in [1.82, 2.24) is 19.6 Å². The van der Waals surface area contributed by atoms with Gasteiger partial charge in [0.05, 0.1) is 4.92 Å². The maximum atomic E-state index is 10.8. The summed E-state index contributed by atoms with van der Waals surface area (Å²) in [6.45, 7) is 1.63. The lowest BCUT2D eigenvalue weighted by molar-refractivity contribution is -0.385. The Morgan fingerprint density at radius 2 is 2.19 bits per heavy atom. The van der Waals surface area contributed by atoms with Crippen LogP contribution in [0.15, 0.2) is 30.6 Å². The highest BCUT2D eigenvalue weighted by atomic mass is 35.5. The van der Waals surface area contributed by atoms with E-state index in [1.165, 1.54) is 29.0 Å². The van der Waals surface area contributed by atoms with Gasteiger partial charge in [-0.1, -0.05) is 11.6 Å². The van der Waals surface area contributed by atoms with Crippen molar-refractivity contribution in [2.45, 2.75) is 6.92 Å². The largest absolute Gasteiger partial charge is 0.439 e. The molecule has 0 unspecified atom stereocenters. The molecule has 8 nitrogen and oxygen atoms in total. The van der Waals surface area contributed by atoms with Crippen LogP contribution in [0, 0.1) is 17.0 Å². The van der Waals surface area contributed by atoms with Crippen LogP contribution in [-0.4, -0.2) is 24.5 Å². The number of fused-ring (bicyclic) bond motifs is 1. The molecule has 0 spiro atoms. The molecule has 0 amide bonds. The normalized spacial score (nSPS) is 10.8. The van der Waals surface area contributed by atoms with Gasteiger partial charge in [0.2, 0.25) is 5.88 Å². The van der Waals surface area contributed by atoms with Crippen molar-refractivity contribution in [3.63, 3.8) is 0 Å². The molecular formula is C12H8ClN5O3. The zero-order valence-electron chi connectivity index (χ0n) is 10.7. The highest BCUT2D eigenvalue weighted by Crippen LogP contribution is 2.28. The molecule has 106 valence electrons. The molecule has 2 aromatic heterocycles. The standard InChI is InChI=1S/C12H8ClN5O3/c1-7-4-8(2-3-9(7)18(19)20)21-11-5-10(13)16-12-14-6-15-17(11)12/h2-6H,1H3. The van der Waals surface area contributed by atoms with E-state index in [0.29, 0.717) is 23.0 Å². The van der Waals surface area contributed by atoms with Crippen LogP contribution in [-0.2, 0) is 0 Å². The quantitative estimate of drug-likeness (QED) is 0.419. The third-order valence-electron chi connectivity index (χ3n) is 2.78. The van der Waals surface area contributed by atoms with Crippen molar-refractivity contribution in [3.8, 4) is 11.6 Å². The molecule has 0 aliphatic carbocycles. The summed E-state index contributed by atoms with van der Waals surface area (Å²) in [5.41, 5.74) is 0.522. The fourth-order valence-corrected chi connectivity index (χ4v) is 2.02. The fourth-order valence-electron chi connectivity index (χ4n) is 1.85. The number of ether oxygens (including phenoxy) is 1. The first kappa shape index (κ1) is 13.3. The fraction of sp³-hybridized carbons (Fsp3) is 0.0833. The third kappa shape index (κ3) is 2.48. The van der Waals surface area contributed by atoms with Gasteiger partial charge in [-0.15, -0.1) is 0 Å². The van der Waals surface area contributed by atoms with Crippen molar-refractivity contribution in [2.24, 2.45) is 0 Å². The topological polar surface area (TPSA) is 95.5 Å². The van der Waals surface area contributed by atoms with E-state index < -0.39 is 4.92 Å². The summed E-state index contributed by atoms with van der Waals surface area (Å²) >= 11 is 5.88. The number of hydrogen-bond acceptors (Lipinski definition) is 6. The van der Waals surface area contributed by atoms with Crippen LogP contribution < -0.4 is 4.74 Å². The Labute approximate surface area is 123 Å². The van der Waals surface area contributed by atoms with E-state index in [9.17, 15) is 10.1 Å². The molecule has 0 atom stereocenters. The molecule has 21 heavy (non-hydrogen) atoms. The molecule has 0 aliphatic rings. The molecule has 3 rings (SSSR count). The molecule has 0 aliphatic heterocycles. The molecule has 1 aromatic carbocycles. The second kappa shape index (κ2) is 4.98. The van der Waals surface area contributed by atoms with Crippen LogP contribution in [0.1, 0.15) is 5.56 Å². The molecule has 9 heteroatoms. The van der Waals surface area contributed by atoms with Gasteiger partial charge in [-0.25, -0.2) is 0 Å². The van der Waals surface area contributed by atoms with E-state index in [1.54, 1.807) is 13.0 Å². The van der Waals surface area contributed by atoms with Crippen LogP contribution in [0.3, 0.4) is 0 Å². The first-order chi connectivity index (χ1) is 10.0. The first-order valence-corrected chi connectivity index (χ1v) is 6.21. The van der Waals surface area contributed by atoms with Gasteiger partial charge in [0, 0.05) is 17.7 Å². The smallest absolute Gasteiger partial charge is 0.272 e. The van der Waals surface area contributed by atoms with E-state index in [1.807, 2.05) is 0 Å². The van der Waals surface area contributed by atoms with E-state index in [4.69, 9.17) is 16.3 Å². The van der Waals surface area contributed by atoms with Gasteiger partial charge in [0.25, 0.3) is 11.5 Å². The Morgan fingerprint density at radius 1 is 1.38 bits per heavy atom. The summed E-state index contributed by atoms with van der Waals surface area (Å²) in [6, 6.07) is 5.93. The first-order valence-electron chi connectivity index (χ1n) is 5.84. The minimum atomic E-state index is -0.446. The minimum Gasteiger partial charge on any atom is -0.439 e. The molecule has 0 fully saturated rings. The van der Waals surface area contributed by atoms with Gasteiger partial charge in [0.15, 0.2) is 0 Å². The molecule has 0 saturated heterocycles. The van der Waals surface area contributed by atoms with Crippen LogP contribution in [0.5, 0.6) is 11.6 Å². The van der Waals surface area contributed by atoms with Crippen molar-refractivity contribution in [2.75, 3.05) is 0 Å². The van der Waals surface area contributed by atoms with E-state index in [-0.39, 0.29) is 10.8 Å². The van der Waals surface area contributed by atoms with Crippen LogP contribution in [0.25, 0.3) is 5.78 Å². The van der Waals surface area contributed by atoms with E-state index >= 15 is 0 Å². The van der Waals surface area contributed by atoms with Gasteiger partial charge in [-0.2, -0.15) is 19.6 Å². The summed E-state index contributed by atoms with van der Waals surface area (Å²) in [7, 11) is 0. The summed E-state index contributed by atoms with van der Waals surface area (Å²) < 4.78 is 7.04. The zero-order valence-corrected chi connectivity index (χ0v) is 11.5. The van der Waals surface area contributed by atoms with Crippen molar-refractivity contribution in [1.29, 1.82) is 0 Å². The van der Waals surface area contributed by atoms with Crippen molar-refractivity contribution >= 4 is 23.1 Å². The number of rotatable bonds is 3. The van der Waals surface area contributed by atoms with E-state index in [0.717, 1.165) is 0 Å². The lowest BCUT2D eigenvalue weighted by atomic mass is 10.2. The van der Waals surface area contributed by atoms with Crippen molar-refractivity contribution in [3.05, 3.63) is 51.4 Å². The Bertz CT molecular complexity index is 848. The Kier molecular flexibility index (Phi) is 3.15. The number of aryl methyl sites for hydroxylation is 1. The number of benzene rings is 1. The highest BCUT2D eigenvalue weighted by molar-refractivity contribution is 6.29. The van der Waals surface area contributed by atoms with Crippen LogP contribution in [0.2, 0.25) is 5.15 Å². The number of halogens is 1. The number of nitro benzene ring substituents is 1. The predicted molar refractivity (Wildman–Crippen MR) is 73.7 cm³/mol. The van der Waals surface area contributed by atoms with E-state index in [2.05, 4.69) is 15.1 Å². The lowest BCUT2D eigenvalue weighted by Crippen LogP contribution is -1.98. The summed E-state index contributed by atoms with van der Waals surface area (Å²) in [5, 5.41) is 15.0. The second-order valence-corrected chi connectivity index (χ2v) is 4.58. The van der Waals surface area contributed by atoms with Gasteiger partial charge >= 0.3 is 0 Å². The average molecular weight is 306 g/mol. The second-order valence-electron chi connectivity index (χ2n) is 4.20. The predicted octanol–water partition coefficient (Wildman–Crippen LogP) is 2.79.